The predicted octanol–water partition coefficient (Wildman–Crippen LogP) is 2.79. The molecule has 2 aromatic rings. The van der Waals surface area contributed by atoms with E-state index in [0.717, 1.165) is 18.6 Å². The van der Waals surface area contributed by atoms with Gasteiger partial charge in [-0.1, -0.05) is 13.8 Å². The SMILES string of the molecule is CC.N#Cc1cc(CCOCCC(=O)N2CCN(c3ncc(C(F)(F)F)cn3)CC2)c(C=N)c(C(N)=O)c1. The molecule has 0 atom stereocenters. The van der Waals surface area contributed by atoms with Crippen LogP contribution in [0.4, 0.5) is 19.1 Å². The van der Waals surface area contributed by atoms with Gasteiger partial charge in [0, 0.05) is 55.9 Å². The van der Waals surface area contributed by atoms with E-state index in [1.54, 1.807) is 15.9 Å². The van der Waals surface area contributed by atoms with Crippen LogP contribution >= 0.6 is 0 Å². The minimum Gasteiger partial charge on any atom is -0.381 e. The first-order valence-electron chi connectivity index (χ1n) is 12.0. The summed E-state index contributed by atoms with van der Waals surface area (Å²) in [5.41, 5.74) is 5.68. The lowest BCUT2D eigenvalue weighted by atomic mass is 9.96. The number of carbonyl (C=O) groups excluding carboxylic acids is 2. The van der Waals surface area contributed by atoms with E-state index in [0.29, 0.717) is 43.7 Å². The number of carbonyl (C=O) groups is 2. The number of aromatic nitrogens is 2. The second kappa shape index (κ2) is 14.0. The highest BCUT2D eigenvalue weighted by Gasteiger charge is 2.32. The molecule has 0 unspecified atom stereocenters. The quantitative estimate of drug-likeness (QED) is 0.372. The molecule has 0 saturated carbocycles. The van der Waals surface area contributed by atoms with Crippen molar-refractivity contribution >= 4 is 24.0 Å². The number of hydrogen-bond acceptors (Lipinski definition) is 8. The molecule has 1 aliphatic heterocycles. The summed E-state index contributed by atoms with van der Waals surface area (Å²) in [5, 5.41) is 16.7. The number of piperazine rings is 1. The Hall–Kier alpha value is -4.05. The summed E-state index contributed by atoms with van der Waals surface area (Å²) in [7, 11) is 0. The first kappa shape index (κ1) is 30.2. The van der Waals surface area contributed by atoms with Crippen molar-refractivity contribution in [2.75, 3.05) is 44.3 Å². The van der Waals surface area contributed by atoms with Gasteiger partial charge in [-0.05, 0) is 24.1 Å². The molecule has 1 saturated heterocycles. The highest BCUT2D eigenvalue weighted by molar-refractivity contribution is 6.02. The Morgan fingerprint density at radius 2 is 1.79 bits per heavy atom. The number of primary amides is 1. The van der Waals surface area contributed by atoms with E-state index in [4.69, 9.17) is 21.1 Å². The van der Waals surface area contributed by atoms with Gasteiger partial charge in [-0.15, -0.1) is 0 Å². The van der Waals surface area contributed by atoms with Crippen molar-refractivity contribution in [3.8, 4) is 6.07 Å². The third kappa shape index (κ3) is 7.97. The molecule has 204 valence electrons. The molecular formula is C25H30F3N7O3. The lowest BCUT2D eigenvalue weighted by Crippen LogP contribution is -2.49. The summed E-state index contributed by atoms with van der Waals surface area (Å²) in [6, 6.07) is 4.87. The fourth-order valence-electron chi connectivity index (χ4n) is 3.75. The Kier molecular flexibility index (Phi) is 11.1. The number of alkyl halides is 3. The molecule has 1 aromatic heterocycles. The average Bonchev–Trinajstić information content (AvgIpc) is 2.93. The van der Waals surface area contributed by atoms with Gasteiger partial charge in [-0.3, -0.25) is 9.59 Å². The zero-order valence-corrected chi connectivity index (χ0v) is 21.2. The molecule has 1 fully saturated rings. The summed E-state index contributed by atoms with van der Waals surface area (Å²) < 4.78 is 43.5. The number of hydrogen-bond donors (Lipinski definition) is 2. The summed E-state index contributed by atoms with van der Waals surface area (Å²) >= 11 is 0. The van der Waals surface area contributed by atoms with Gasteiger partial charge in [0.25, 0.3) is 0 Å². The van der Waals surface area contributed by atoms with E-state index in [9.17, 15) is 22.8 Å². The van der Waals surface area contributed by atoms with Crippen molar-refractivity contribution in [3.63, 3.8) is 0 Å². The lowest BCUT2D eigenvalue weighted by Gasteiger charge is -2.34. The van der Waals surface area contributed by atoms with Crippen molar-refractivity contribution < 1.29 is 27.5 Å². The van der Waals surface area contributed by atoms with E-state index in [2.05, 4.69) is 9.97 Å². The molecular weight excluding hydrogens is 503 g/mol. The van der Waals surface area contributed by atoms with Gasteiger partial charge >= 0.3 is 6.18 Å². The number of amides is 2. The van der Waals surface area contributed by atoms with Crippen LogP contribution in [0.5, 0.6) is 0 Å². The summed E-state index contributed by atoms with van der Waals surface area (Å²) in [6.07, 6.45) is -1.54. The highest BCUT2D eigenvalue weighted by atomic mass is 19.4. The average molecular weight is 534 g/mol. The van der Waals surface area contributed by atoms with Crippen LogP contribution in [0, 0.1) is 16.7 Å². The number of benzene rings is 1. The molecule has 13 heteroatoms. The fraction of sp³-hybridized carbons (Fsp3) is 0.440. The van der Waals surface area contributed by atoms with Gasteiger partial charge in [-0.2, -0.15) is 18.4 Å². The molecule has 3 N–H and O–H groups in total. The molecule has 2 heterocycles. The Bertz CT molecular complexity index is 1160. The van der Waals surface area contributed by atoms with Crippen molar-refractivity contribution in [3.05, 3.63) is 52.3 Å². The molecule has 3 rings (SSSR count). The third-order valence-corrected chi connectivity index (χ3v) is 5.66. The molecule has 10 nitrogen and oxygen atoms in total. The van der Waals surface area contributed by atoms with E-state index < -0.39 is 17.6 Å². The summed E-state index contributed by atoms with van der Waals surface area (Å²) in [5.74, 6) is -0.670. The number of halogens is 3. The molecule has 1 aromatic carbocycles. The molecule has 2 amide bonds. The molecule has 0 spiro atoms. The van der Waals surface area contributed by atoms with Crippen molar-refractivity contribution in [2.45, 2.75) is 32.9 Å². The molecule has 1 aliphatic rings. The first-order chi connectivity index (χ1) is 18.1. The van der Waals surface area contributed by atoms with Crippen LogP contribution in [0.15, 0.2) is 24.5 Å². The largest absolute Gasteiger partial charge is 0.419 e. The summed E-state index contributed by atoms with van der Waals surface area (Å²) in [4.78, 5) is 35.1. The maximum atomic E-state index is 12.7. The Morgan fingerprint density at radius 1 is 1.16 bits per heavy atom. The van der Waals surface area contributed by atoms with Crippen molar-refractivity contribution in [1.82, 2.24) is 14.9 Å². The van der Waals surface area contributed by atoms with Crippen LogP contribution < -0.4 is 10.6 Å². The van der Waals surface area contributed by atoms with Gasteiger partial charge < -0.3 is 25.7 Å². The highest BCUT2D eigenvalue weighted by Crippen LogP contribution is 2.28. The van der Waals surface area contributed by atoms with Gasteiger partial charge in [-0.25, -0.2) is 9.97 Å². The van der Waals surface area contributed by atoms with Gasteiger partial charge in [0.1, 0.15) is 0 Å². The number of nitrogens with zero attached hydrogens (tertiary/aromatic N) is 5. The number of rotatable bonds is 9. The zero-order chi connectivity index (χ0) is 28.3. The Morgan fingerprint density at radius 3 is 2.32 bits per heavy atom. The van der Waals surface area contributed by atoms with Crippen LogP contribution in [0.25, 0.3) is 0 Å². The van der Waals surface area contributed by atoms with Crippen LogP contribution in [0.2, 0.25) is 0 Å². The van der Waals surface area contributed by atoms with Crippen LogP contribution in [0.3, 0.4) is 0 Å². The van der Waals surface area contributed by atoms with Gasteiger partial charge in [0.05, 0.1) is 36.8 Å². The van der Waals surface area contributed by atoms with E-state index in [1.807, 2.05) is 19.9 Å². The lowest BCUT2D eigenvalue weighted by molar-refractivity contribution is -0.138. The minimum atomic E-state index is -4.50. The van der Waals surface area contributed by atoms with Crippen molar-refractivity contribution in [1.29, 1.82) is 10.7 Å². The summed E-state index contributed by atoms with van der Waals surface area (Å²) in [6.45, 7) is 5.90. The maximum Gasteiger partial charge on any atom is 0.419 e. The second-order valence-electron chi connectivity index (χ2n) is 7.97. The number of nitriles is 1. The molecule has 0 bridgehead atoms. The number of nitrogens with two attached hydrogens (primary N) is 1. The first-order valence-corrected chi connectivity index (χ1v) is 12.0. The molecule has 38 heavy (non-hydrogen) atoms. The smallest absolute Gasteiger partial charge is 0.381 e. The van der Waals surface area contributed by atoms with E-state index >= 15 is 0 Å². The maximum absolute atomic E-state index is 12.7. The topological polar surface area (TPSA) is 149 Å². The standard InChI is InChI=1S/C23H24F3N7O3.C2H6/c24-23(25,26)17-13-30-22(31-14-17)33-5-3-32(4-6-33)20(34)2-8-36-7-1-16-9-15(11-27)10-18(21(29)35)19(16)12-28;1-2/h9-10,12-14,28H,1-8H2,(H2,29,35);1-2H3. The zero-order valence-electron chi connectivity index (χ0n) is 21.2. The number of ether oxygens (including phenoxy) is 1. The van der Waals surface area contributed by atoms with Gasteiger partial charge in [0.15, 0.2) is 0 Å². The normalized spacial score (nSPS) is 13.3. The monoisotopic (exact) mass is 533 g/mol. The van der Waals surface area contributed by atoms with Gasteiger partial charge in [0.2, 0.25) is 17.8 Å². The van der Waals surface area contributed by atoms with Crippen LogP contribution in [0.1, 0.15) is 52.9 Å². The fourth-order valence-corrected chi connectivity index (χ4v) is 3.75. The molecule has 0 radical (unpaired) electrons. The van der Waals surface area contributed by atoms with E-state index in [-0.39, 0.29) is 42.6 Å². The number of anilines is 1. The van der Waals surface area contributed by atoms with Crippen molar-refractivity contribution in [2.24, 2.45) is 5.73 Å². The number of nitrogens with one attached hydrogen (secondary N) is 1. The molecule has 0 aliphatic carbocycles. The second-order valence-corrected chi connectivity index (χ2v) is 7.97. The Labute approximate surface area is 218 Å². The van der Waals surface area contributed by atoms with Crippen LogP contribution in [-0.4, -0.2) is 72.3 Å². The van der Waals surface area contributed by atoms with Crippen LogP contribution in [-0.2, 0) is 22.1 Å². The minimum absolute atomic E-state index is 0.0927. The third-order valence-electron chi connectivity index (χ3n) is 5.66. The van der Waals surface area contributed by atoms with E-state index in [1.165, 1.54) is 6.07 Å². The predicted molar refractivity (Wildman–Crippen MR) is 134 cm³/mol. The Balaban J connectivity index is 0.00000247.